The minimum atomic E-state index is -0.166. The van der Waals surface area contributed by atoms with Gasteiger partial charge in [0.05, 0.1) is 25.3 Å². The molecule has 2 aromatic rings. The van der Waals surface area contributed by atoms with Crippen molar-refractivity contribution in [2.75, 3.05) is 18.6 Å². The minimum absolute atomic E-state index is 0.152. The van der Waals surface area contributed by atoms with Crippen LogP contribution in [0.15, 0.2) is 36.5 Å². The van der Waals surface area contributed by atoms with Crippen molar-refractivity contribution >= 4 is 11.7 Å². The lowest BCUT2D eigenvalue weighted by Crippen LogP contribution is -2.33. The van der Waals surface area contributed by atoms with Gasteiger partial charge in [-0.2, -0.15) is 5.10 Å². The van der Waals surface area contributed by atoms with E-state index in [-0.39, 0.29) is 11.9 Å². The zero-order valence-electron chi connectivity index (χ0n) is 13.9. The molecule has 0 amide bonds. The van der Waals surface area contributed by atoms with Gasteiger partial charge in [0.15, 0.2) is 0 Å². The van der Waals surface area contributed by atoms with Gasteiger partial charge in [-0.05, 0) is 38.0 Å². The number of aromatic nitrogens is 2. The Bertz CT molecular complexity index is 693. The lowest BCUT2D eigenvalue weighted by atomic mass is 9.90. The van der Waals surface area contributed by atoms with Crippen molar-refractivity contribution in [1.29, 1.82) is 0 Å². The Kier molecular flexibility index (Phi) is 4.37. The van der Waals surface area contributed by atoms with Crippen LogP contribution in [0.4, 0.5) is 5.69 Å². The van der Waals surface area contributed by atoms with Gasteiger partial charge in [0.2, 0.25) is 0 Å². The number of carbonyl (C=O) groups excluding carboxylic acids is 1. The Morgan fingerprint density at radius 3 is 2.83 bits per heavy atom. The second-order valence-corrected chi connectivity index (χ2v) is 6.23. The molecule has 23 heavy (non-hydrogen) atoms. The Morgan fingerprint density at radius 1 is 1.35 bits per heavy atom. The fourth-order valence-electron chi connectivity index (χ4n) is 3.13. The van der Waals surface area contributed by atoms with Crippen LogP contribution in [0.2, 0.25) is 0 Å². The van der Waals surface area contributed by atoms with E-state index in [0.29, 0.717) is 6.04 Å². The Hall–Kier alpha value is -2.30. The fraction of sp³-hybridized carbons (Fsp3) is 0.444. The summed E-state index contributed by atoms with van der Waals surface area (Å²) in [7, 11) is 1.45. The van der Waals surface area contributed by atoms with E-state index in [1.807, 2.05) is 29.1 Å². The molecule has 1 aliphatic rings. The molecule has 1 aliphatic heterocycles. The molecular formula is C18H23N3O2. The highest BCUT2D eigenvalue weighted by Crippen LogP contribution is 2.36. The number of hydrogen-bond donors (Lipinski definition) is 0. The summed E-state index contributed by atoms with van der Waals surface area (Å²) in [5, 5.41) is 4.63. The first-order valence-electron chi connectivity index (χ1n) is 8.06. The first-order valence-corrected chi connectivity index (χ1v) is 8.06. The number of nitrogens with zero attached hydrogens (tertiary/aromatic N) is 3. The predicted molar refractivity (Wildman–Crippen MR) is 89.5 cm³/mol. The van der Waals surface area contributed by atoms with Crippen LogP contribution in [0.5, 0.6) is 0 Å². The summed E-state index contributed by atoms with van der Waals surface area (Å²) in [6.07, 6.45) is 2.79. The van der Waals surface area contributed by atoms with E-state index in [0.717, 1.165) is 36.5 Å². The molecule has 1 aromatic heterocycles. The summed E-state index contributed by atoms with van der Waals surface area (Å²) < 4.78 is 6.93. The van der Waals surface area contributed by atoms with E-state index >= 15 is 0 Å². The van der Waals surface area contributed by atoms with E-state index < -0.39 is 0 Å². The maximum Gasteiger partial charge on any atom is 0.313 e. The van der Waals surface area contributed by atoms with Gasteiger partial charge in [0, 0.05) is 24.5 Å². The molecule has 2 heterocycles. The average molecular weight is 313 g/mol. The van der Waals surface area contributed by atoms with Gasteiger partial charge in [-0.3, -0.25) is 9.48 Å². The summed E-state index contributed by atoms with van der Waals surface area (Å²) in [4.78, 5) is 14.3. The van der Waals surface area contributed by atoms with Crippen molar-refractivity contribution in [3.8, 4) is 0 Å². The summed E-state index contributed by atoms with van der Waals surface area (Å²) in [6, 6.07) is 10.5. The molecule has 122 valence electrons. The lowest BCUT2D eigenvalue weighted by molar-refractivity contribution is -0.142. The SMILES string of the molecule is COC(=O)C1CCN(Cc2ccn(C(C)C)n2)c2ccccc21. The van der Waals surface area contributed by atoms with Crippen LogP contribution in [0.25, 0.3) is 0 Å². The molecule has 0 spiro atoms. The zero-order valence-corrected chi connectivity index (χ0v) is 13.9. The van der Waals surface area contributed by atoms with Crippen molar-refractivity contribution in [3.63, 3.8) is 0 Å². The van der Waals surface area contributed by atoms with Crippen LogP contribution >= 0.6 is 0 Å². The number of methoxy groups -OCH3 is 1. The maximum atomic E-state index is 12.0. The molecule has 5 nitrogen and oxygen atoms in total. The fourth-order valence-corrected chi connectivity index (χ4v) is 3.13. The zero-order chi connectivity index (χ0) is 16.4. The number of anilines is 1. The number of rotatable bonds is 4. The lowest BCUT2D eigenvalue weighted by Gasteiger charge is -2.34. The molecule has 0 saturated carbocycles. The van der Waals surface area contributed by atoms with Gasteiger partial charge in [-0.1, -0.05) is 18.2 Å². The Balaban J connectivity index is 1.84. The summed E-state index contributed by atoms with van der Waals surface area (Å²) >= 11 is 0. The van der Waals surface area contributed by atoms with Crippen molar-refractivity contribution in [2.45, 2.75) is 38.8 Å². The number of hydrogen-bond acceptors (Lipinski definition) is 4. The molecular weight excluding hydrogens is 290 g/mol. The summed E-state index contributed by atoms with van der Waals surface area (Å²) in [5.74, 6) is -0.318. The molecule has 1 aromatic carbocycles. The number of fused-ring (bicyclic) bond motifs is 1. The first-order chi connectivity index (χ1) is 11.1. The van der Waals surface area contributed by atoms with Crippen LogP contribution in [-0.2, 0) is 16.1 Å². The van der Waals surface area contributed by atoms with Crippen molar-refractivity contribution in [3.05, 3.63) is 47.8 Å². The minimum Gasteiger partial charge on any atom is -0.469 e. The molecule has 0 bridgehead atoms. The van der Waals surface area contributed by atoms with Crippen LogP contribution in [0.3, 0.4) is 0 Å². The molecule has 0 radical (unpaired) electrons. The average Bonchev–Trinajstić information content (AvgIpc) is 3.03. The number of carbonyl (C=O) groups is 1. The smallest absolute Gasteiger partial charge is 0.313 e. The Morgan fingerprint density at radius 2 is 2.13 bits per heavy atom. The standard InChI is InChI=1S/C18H23N3O2/c1-13(2)21-11-8-14(19-21)12-20-10-9-16(18(22)23-3)15-6-4-5-7-17(15)20/h4-8,11,13,16H,9-10,12H2,1-3H3. The third kappa shape index (κ3) is 3.09. The highest BCUT2D eigenvalue weighted by Gasteiger charge is 2.30. The highest BCUT2D eigenvalue weighted by molar-refractivity contribution is 5.81. The number of ether oxygens (including phenoxy) is 1. The van der Waals surface area contributed by atoms with Crippen molar-refractivity contribution in [1.82, 2.24) is 9.78 Å². The van der Waals surface area contributed by atoms with Crippen LogP contribution in [0.1, 0.15) is 43.5 Å². The third-order valence-corrected chi connectivity index (χ3v) is 4.37. The monoisotopic (exact) mass is 313 g/mol. The normalized spacial score (nSPS) is 17.2. The summed E-state index contributed by atoms with van der Waals surface area (Å²) in [6.45, 7) is 5.82. The molecule has 0 fully saturated rings. The van der Waals surface area contributed by atoms with Gasteiger partial charge in [-0.25, -0.2) is 0 Å². The van der Waals surface area contributed by atoms with Crippen molar-refractivity contribution < 1.29 is 9.53 Å². The van der Waals surface area contributed by atoms with Gasteiger partial charge in [0.25, 0.3) is 0 Å². The molecule has 0 aliphatic carbocycles. The van der Waals surface area contributed by atoms with Gasteiger partial charge >= 0.3 is 5.97 Å². The predicted octanol–water partition coefficient (Wildman–Crippen LogP) is 3.13. The maximum absolute atomic E-state index is 12.0. The van der Waals surface area contributed by atoms with Gasteiger partial charge in [0.1, 0.15) is 0 Å². The number of para-hydroxylation sites is 1. The highest BCUT2D eigenvalue weighted by atomic mass is 16.5. The van der Waals surface area contributed by atoms with Gasteiger partial charge in [-0.15, -0.1) is 0 Å². The van der Waals surface area contributed by atoms with E-state index in [9.17, 15) is 4.79 Å². The van der Waals surface area contributed by atoms with E-state index in [2.05, 4.69) is 36.0 Å². The molecule has 1 atom stereocenters. The van der Waals surface area contributed by atoms with E-state index in [1.165, 1.54) is 7.11 Å². The second-order valence-electron chi connectivity index (χ2n) is 6.23. The van der Waals surface area contributed by atoms with Gasteiger partial charge < -0.3 is 9.64 Å². The van der Waals surface area contributed by atoms with Crippen LogP contribution < -0.4 is 4.90 Å². The molecule has 0 saturated heterocycles. The summed E-state index contributed by atoms with van der Waals surface area (Å²) in [5.41, 5.74) is 3.20. The van der Waals surface area contributed by atoms with Crippen LogP contribution in [-0.4, -0.2) is 29.4 Å². The van der Waals surface area contributed by atoms with Crippen LogP contribution in [0, 0.1) is 0 Å². The van der Waals surface area contributed by atoms with Crippen molar-refractivity contribution in [2.24, 2.45) is 0 Å². The quantitative estimate of drug-likeness (QED) is 0.814. The number of esters is 1. The molecule has 5 heteroatoms. The second kappa shape index (κ2) is 6.44. The largest absolute Gasteiger partial charge is 0.469 e. The molecule has 1 unspecified atom stereocenters. The molecule has 3 rings (SSSR count). The number of benzene rings is 1. The van der Waals surface area contributed by atoms with E-state index in [1.54, 1.807) is 0 Å². The topological polar surface area (TPSA) is 47.4 Å². The third-order valence-electron chi connectivity index (χ3n) is 4.37. The molecule has 0 N–H and O–H groups in total. The van der Waals surface area contributed by atoms with E-state index in [4.69, 9.17) is 4.74 Å². The first kappa shape index (κ1) is 15.6. The Labute approximate surface area is 136 Å².